The summed E-state index contributed by atoms with van der Waals surface area (Å²) < 4.78 is 13.4. The van der Waals surface area contributed by atoms with Crippen LogP contribution in [0.4, 0.5) is 4.39 Å². The lowest BCUT2D eigenvalue weighted by atomic mass is 10.1. The normalized spacial score (nSPS) is 30.7. The quantitative estimate of drug-likeness (QED) is 0.528. The minimum absolute atomic E-state index is 0.0419. The van der Waals surface area contributed by atoms with E-state index in [4.69, 9.17) is 0 Å². The van der Waals surface area contributed by atoms with Crippen LogP contribution < -0.4 is 0 Å². The van der Waals surface area contributed by atoms with Gasteiger partial charge in [0.2, 0.25) is 0 Å². The van der Waals surface area contributed by atoms with Crippen LogP contribution in [0.15, 0.2) is 0 Å². The van der Waals surface area contributed by atoms with Crippen molar-refractivity contribution >= 4 is 8.58 Å². The maximum absolute atomic E-state index is 13.4. The molecule has 2 atom stereocenters. The van der Waals surface area contributed by atoms with Gasteiger partial charge in [-0.2, -0.15) is 0 Å². The largest absolute Gasteiger partial charge is 0.239 e. The van der Waals surface area contributed by atoms with Gasteiger partial charge in [-0.15, -0.1) is 0 Å². The van der Waals surface area contributed by atoms with Crippen molar-refractivity contribution in [3.8, 4) is 0 Å². The standard InChI is InChI=1S/C7H14FP/c1-6(4-5-6)7(2,8)9-3/h9H,4-5H2,1-3H3. The molecule has 0 aromatic rings. The van der Waals surface area contributed by atoms with Crippen molar-refractivity contribution < 1.29 is 4.39 Å². The Hall–Kier alpha value is 0.360. The van der Waals surface area contributed by atoms with E-state index < -0.39 is 5.41 Å². The molecular formula is C7H14FP. The van der Waals surface area contributed by atoms with E-state index in [1.165, 1.54) is 0 Å². The summed E-state index contributed by atoms with van der Waals surface area (Å²) in [6.07, 6.45) is 2.17. The Morgan fingerprint density at radius 3 is 2.11 bits per heavy atom. The molecule has 0 heterocycles. The van der Waals surface area contributed by atoms with E-state index in [9.17, 15) is 4.39 Å². The molecule has 1 aliphatic carbocycles. The molecule has 2 unspecified atom stereocenters. The summed E-state index contributed by atoms with van der Waals surface area (Å²) in [5, 5.41) is -0.882. The highest BCUT2D eigenvalue weighted by molar-refractivity contribution is 7.38. The predicted molar refractivity (Wildman–Crippen MR) is 41.1 cm³/mol. The number of hydrogen-bond acceptors (Lipinski definition) is 0. The smallest absolute Gasteiger partial charge is 0.128 e. The van der Waals surface area contributed by atoms with Gasteiger partial charge in [0.1, 0.15) is 5.41 Å². The summed E-state index contributed by atoms with van der Waals surface area (Å²) in [5.74, 6) is 0. The third kappa shape index (κ3) is 1.12. The number of rotatable bonds is 2. The van der Waals surface area contributed by atoms with Crippen LogP contribution in [0.25, 0.3) is 0 Å². The van der Waals surface area contributed by atoms with Gasteiger partial charge >= 0.3 is 0 Å². The fourth-order valence-corrected chi connectivity index (χ4v) is 1.81. The first-order valence-corrected chi connectivity index (χ1v) is 4.90. The van der Waals surface area contributed by atoms with Crippen LogP contribution in [0.5, 0.6) is 0 Å². The zero-order chi connectivity index (χ0) is 7.12. The molecule has 0 N–H and O–H groups in total. The molecule has 0 aromatic carbocycles. The Balaban J connectivity index is 2.58. The highest BCUT2D eigenvalue weighted by Gasteiger charge is 2.52. The van der Waals surface area contributed by atoms with Gasteiger partial charge in [-0.05, 0) is 26.4 Å². The van der Waals surface area contributed by atoms with E-state index >= 15 is 0 Å². The number of alkyl halides is 1. The molecule has 0 radical (unpaired) electrons. The number of hydrogen-bond donors (Lipinski definition) is 0. The summed E-state index contributed by atoms with van der Waals surface area (Å²) >= 11 is 0. The fourth-order valence-electron chi connectivity index (χ4n) is 0.959. The molecule has 0 bridgehead atoms. The Kier molecular flexibility index (Phi) is 1.59. The predicted octanol–water partition coefficient (Wildman–Crippen LogP) is 2.78. The molecule has 1 aliphatic rings. The lowest BCUT2D eigenvalue weighted by molar-refractivity contribution is 0.201. The molecule has 9 heavy (non-hydrogen) atoms. The maximum Gasteiger partial charge on any atom is 0.128 e. The van der Waals surface area contributed by atoms with E-state index in [1.807, 2.05) is 13.6 Å². The van der Waals surface area contributed by atoms with Crippen molar-refractivity contribution in [3.63, 3.8) is 0 Å². The Morgan fingerprint density at radius 1 is 1.56 bits per heavy atom. The molecule has 2 heteroatoms. The third-order valence-electron chi connectivity index (χ3n) is 2.60. The lowest BCUT2D eigenvalue weighted by Gasteiger charge is -2.25. The van der Waals surface area contributed by atoms with Crippen molar-refractivity contribution in [1.82, 2.24) is 0 Å². The zero-order valence-corrected chi connectivity index (χ0v) is 7.29. The summed E-state index contributed by atoms with van der Waals surface area (Å²) in [5.41, 5.74) is 0.0419. The summed E-state index contributed by atoms with van der Waals surface area (Å²) in [4.78, 5) is 0. The molecule has 0 nitrogen and oxygen atoms in total. The molecule has 0 aromatic heterocycles. The molecule has 1 saturated carbocycles. The topological polar surface area (TPSA) is 0 Å². The van der Waals surface area contributed by atoms with E-state index in [-0.39, 0.29) is 5.41 Å². The van der Waals surface area contributed by atoms with Gasteiger partial charge in [-0.1, -0.05) is 15.5 Å². The lowest BCUT2D eigenvalue weighted by Crippen LogP contribution is -2.22. The molecule has 1 rings (SSSR count). The van der Waals surface area contributed by atoms with Gasteiger partial charge in [0.15, 0.2) is 0 Å². The molecule has 0 amide bonds. The second-order valence-corrected chi connectivity index (χ2v) is 4.75. The van der Waals surface area contributed by atoms with Crippen LogP contribution >= 0.6 is 8.58 Å². The first-order chi connectivity index (χ1) is 4.02. The van der Waals surface area contributed by atoms with E-state index in [0.29, 0.717) is 8.58 Å². The SMILES string of the molecule is CPC(C)(F)C1(C)CC1. The summed E-state index contributed by atoms with van der Waals surface area (Å²) in [6.45, 7) is 5.73. The molecular weight excluding hydrogens is 134 g/mol. The summed E-state index contributed by atoms with van der Waals surface area (Å²) in [7, 11) is 0.432. The molecule has 0 saturated heterocycles. The van der Waals surface area contributed by atoms with Crippen molar-refractivity contribution in [2.75, 3.05) is 6.66 Å². The average Bonchev–Trinajstić information content (AvgIpc) is 2.49. The van der Waals surface area contributed by atoms with Crippen molar-refractivity contribution in [3.05, 3.63) is 0 Å². The zero-order valence-electron chi connectivity index (χ0n) is 6.29. The van der Waals surface area contributed by atoms with E-state index in [0.717, 1.165) is 12.8 Å². The average molecular weight is 148 g/mol. The highest BCUT2D eigenvalue weighted by atomic mass is 31.1. The molecule has 0 spiro atoms. The minimum atomic E-state index is -0.882. The summed E-state index contributed by atoms with van der Waals surface area (Å²) in [6, 6.07) is 0. The molecule has 1 fully saturated rings. The van der Waals surface area contributed by atoms with Crippen LogP contribution in [0.2, 0.25) is 0 Å². The van der Waals surface area contributed by atoms with Gasteiger partial charge in [0.05, 0.1) is 0 Å². The van der Waals surface area contributed by atoms with Crippen LogP contribution in [0.1, 0.15) is 26.7 Å². The molecule has 0 aliphatic heterocycles. The van der Waals surface area contributed by atoms with Gasteiger partial charge in [0, 0.05) is 5.41 Å². The van der Waals surface area contributed by atoms with Gasteiger partial charge in [-0.3, -0.25) is 0 Å². The fraction of sp³-hybridized carbons (Fsp3) is 1.00. The van der Waals surface area contributed by atoms with E-state index in [2.05, 4.69) is 0 Å². The van der Waals surface area contributed by atoms with E-state index in [1.54, 1.807) is 6.92 Å². The maximum atomic E-state index is 13.4. The van der Waals surface area contributed by atoms with Crippen LogP contribution in [-0.4, -0.2) is 12.1 Å². The number of halogens is 1. The first kappa shape index (κ1) is 7.47. The Bertz CT molecular complexity index is 116. The minimum Gasteiger partial charge on any atom is -0.239 e. The van der Waals surface area contributed by atoms with Crippen molar-refractivity contribution in [2.45, 2.75) is 32.1 Å². The Labute approximate surface area is 58.0 Å². The second-order valence-electron chi connectivity index (χ2n) is 3.31. The Morgan fingerprint density at radius 2 is 2.00 bits per heavy atom. The van der Waals surface area contributed by atoms with Gasteiger partial charge in [-0.25, -0.2) is 4.39 Å². The highest BCUT2D eigenvalue weighted by Crippen LogP contribution is 2.61. The van der Waals surface area contributed by atoms with Crippen LogP contribution in [-0.2, 0) is 0 Å². The van der Waals surface area contributed by atoms with Crippen molar-refractivity contribution in [1.29, 1.82) is 0 Å². The van der Waals surface area contributed by atoms with Crippen molar-refractivity contribution in [2.24, 2.45) is 5.41 Å². The van der Waals surface area contributed by atoms with Gasteiger partial charge < -0.3 is 0 Å². The van der Waals surface area contributed by atoms with Crippen LogP contribution in [0.3, 0.4) is 0 Å². The molecule has 54 valence electrons. The van der Waals surface area contributed by atoms with Crippen LogP contribution in [0, 0.1) is 5.41 Å². The first-order valence-electron chi connectivity index (χ1n) is 3.40. The third-order valence-corrected chi connectivity index (χ3v) is 4.15. The van der Waals surface area contributed by atoms with Gasteiger partial charge in [0.25, 0.3) is 0 Å². The monoisotopic (exact) mass is 148 g/mol. The second kappa shape index (κ2) is 1.92.